The standard InChI is InChI=1S/2C3H6O3S.K.Na/c2*1-2-3-7(4,5)6;;/h2*2-3H,1H3,(H,4,5,6);;/q;;2*+1/p-2. The first-order valence-corrected chi connectivity index (χ1v) is 6.24. The number of rotatable bonds is 2. The smallest absolute Gasteiger partial charge is 0.744 e. The van der Waals surface area contributed by atoms with E-state index in [-0.39, 0.29) is 80.9 Å². The van der Waals surface area contributed by atoms with Gasteiger partial charge in [0.2, 0.25) is 0 Å². The summed E-state index contributed by atoms with van der Waals surface area (Å²) >= 11 is 0. The fourth-order valence-corrected chi connectivity index (χ4v) is 1.00. The van der Waals surface area contributed by atoms with E-state index in [2.05, 4.69) is 0 Å². The van der Waals surface area contributed by atoms with Crippen LogP contribution in [0.5, 0.6) is 0 Å². The van der Waals surface area contributed by atoms with E-state index in [1.54, 1.807) is 0 Å². The van der Waals surface area contributed by atoms with Crippen LogP contribution >= 0.6 is 0 Å². The summed E-state index contributed by atoms with van der Waals surface area (Å²) in [6.45, 7) is 2.94. The molecule has 0 aliphatic carbocycles. The Labute approximate surface area is 161 Å². The predicted molar refractivity (Wildman–Crippen MR) is 49.0 cm³/mol. The molecule has 6 nitrogen and oxygen atoms in total. The van der Waals surface area contributed by atoms with Crippen LogP contribution in [0.25, 0.3) is 0 Å². The van der Waals surface area contributed by atoms with Crippen molar-refractivity contribution in [3.8, 4) is 0 Å². The van der Waals surface area contributed by atoms with Crippen LogP contribution in [0.15, 0.2) is 23.0 Å². The van der Waals surface area contributed by atoms with Gasteiger partial charge in [-0.05, 0) is 13.8 Å². The molecule has 0 radical (unpaired) electrons. The van der Waals surface area contributed by atoms with E-state index in [0.29, 0.717) is 10.8 Å². The zero-order valence-corrected chi connectivity index (χ0v) is 16.3. The van der Waals surface area contributed by atoms with Gasteiger partial charge in [0, 0.05) is 10.8 Å². The Bertz CT molecular complexity index is 357. The number of hydrogen-bond acceptors (Lipinski definition) is 6. The first-order chi connectivity index (χ1) is 6.12. The first kappa shape index (κ1) is 26.5. The summed E-state index contributed by atoms with van der Waals surface area (Å²) in [6, 6.07) is 0. The Morgan fingerprint density at radius 2 is 1.00 bits per heavy atom. The quantitative estimate of drug-likeness (QED) is 0.371. The van der Waals surface area contributed by atoms with Crippen molar-refractivity contribution in [2.75, 3.05) is 0 Å². The fraction of sp³-hybridized carbons (Fsp3) is 0.333. The van der Waals surface area contributed by atoms with Crippen molar-refractivity contribution in [2.24, 2.45) is 0 Å². The predicted octanol–water partition coefficient (Wildman–Crippen LogP) is -5.86. The SMILES string of the molecule is CC=CS(=O)(=O)[O-].CC=CS(=O)(=O)[O-].[K+].[Na+]. The van der Waals surface area contributed by atoms with Crippen LogP contribution in [0.2, 0.25) is 0 Å². The maximum Gasteiger partial charge on any atom is 1.00 e. The fourth-order valence-electron chi connectivity index (χ4n) is 0.333. The summed E-state index contributed by atoms with van der Waals surface area (Å²) in [5, 5.41) is 1.21. The molecule has 16 heavy (non-hydrogen) atoms. The molecule has 10 heteroatoms. The van der Waals surface area contributed by atoms with Crippen LogP contribution in [0.1, 0.15) is 13.8 Å². The molecule has 0 saturated carbocycles. The Kier molecular flexibility index (Phi) is 22.1. The Hall–Kier alpha value is 1.94. The minimum atomic E-state index is -4.10. The van der Waals surface area contributed by atoms with Crippen LogP contribution in [-0.2, 0) is 20.2 Å². The van der Waals surface area contributed by atoms with Crippen molar-refractivity contribution in [3.63, 3.8) is 0 Å². The van der Waals surface area contributed by atoms with Crippen molar-refractivity contribution in [3.05, 3.63) is 23.0 Å². The maximum absolute atomic E-state index is 9.59. The summed E-state index contributed by atoms with van der Waals surface area (Å²) in [7, 11) is -8.21. The van der Waals surface area contributed by atoms with E-state index in [1.807, 2.05) is 0 Å². The van der Waals surface area contributed by atoms with Crippen molar-refractivity contribution in [1.29, 1.82) is 0 Å². The summed E-state index contributed by atoms with van der Waals surface area (Å²) in [6.07, 6.45) is 2.37. The largest absolute Gasteiger partial charge is 1.00 e. The average molecular weight is 304 g/mol. The molecule has 0 amide bonds. The third kappa shape index (κ3) is 36.0. The van der Waals surface area contributed by atoms with Gasteiger partial charge >= 0.3 is 80.9 Å². The molecule has 0 aliphatic rings. The van der Waals surface area contributed by atoms with Gasteiger partial charge in [0.05, 0.1) is 0 Å². The Morgan fingerprint density at radius 1 is 0.812 bits per heavy atom. The van der Waals surface area contributed by atoms with Crippen molar-refractivity contribution in [1.82, 2.24) is 0 Å². The molecule has 0 saturated heterocycles. The summed E-state index contributed by atoms with van der Waals surface area (Å²) in [5.41, 5.74) is 0. The van der Waals surface area contributed by atoms with E-state index in [1.165, 1.54) is 26.0 Å². The van der Waals surface area contributed by atoms with Crippen molar-refractivity contribution < 1.29 is 107 Å². The monoisotopic (exact) mass is 304 g/mol. The molecule has 0 fully saturated rings. The molecule has 0 aromatic rings. The van der Waals surface area contributed by atoms with Crippen LogP contribution in [0, 0.1) is 0 Å². The van der Waals surface area contributed by atoms with E-state index in [0.717, 1.165) is 0 Å². The number of allylic oxidation sites excluding steroid dienone is 2. The molecule has 0 aliphatic heterocycles. The molecule has 0 atom stereocenters. The minimum absolute atomic E-state index is 0. The molecule has 84 valence electrons. The second-order valence-electron chi connectivity index (χ2n) is 1.92. The molecule has 0 rings (SSSR count). The third-order valence-corrected chi connectivity index (χ3v) is 1.82. The van der Waals surface area contributed by atoms with Gasteiger partial charge in [-0.2, -0.15) is 0 Å². The summed E-state index contributed by atoms with van der Waals surface area (Å²) < 4.78 is 57.5. The van der Waals surface area contributed by atoms with Gasteiger partial charge in [-0.3, -0.25) is 0 Å². The average Bonchev–Trinajstić information content (AvgIpc) is 1.81. The maximum atomic E-state index is 9.59. The second kappa shape index (κ2) is 13.4. The molecule has 0 aromatic heterocycles. The molecular weight excluding hydrogens is 294 g/mol. The van der Waals surface area contributed by atoms with Crippen LogP contribution < -0.4 is 80.9 Å². The minimum Gasteiger partial charge on any atom is -0.744 e. The van der Waals surface area contributed by atoms with E-state index in [4.69, 9.17) is 0 Å². The van der Waals surface area contributed by atoms with E-state index >= 15 is 0 Å². The third-order valence-electron chi connectivity index (χ3n) is 0.605. The van der Waals surface area contributed by atoms with E-state index in [9.17, 15) is 25.9 Å². The van der Waals surface area contributed by atoms with Crippen LogP contribution in [0.4, 0.5) is 0 Å². The van der Waals surface area contributed by atoms with Gasteiger partial charge in [-0.15, -0.1) is 0 Å². The molecule has 0 heterocycles. The zero-order chi connectivity index (χ0) is 11.8. The van der Waals surface area contributed by atoms with E-state index < -0.39 is 20.2 Å². The van der Waals surface area contributed by atoms with Gasteiger partial charge in [0.25, 0.3) is 0 Å². The normalized spacial score (nSPS) is 11.2. The Morgan fingerprint density at radius 3 is 1.00 bits per heavy atom. The summed E-state index contributed by atoms with van der Waals surface area (Å²) in [4.78, 5) is 0. The summed E-state index contributed by atoms with van der Waals surface area (Å²) in [5.74, 6) is 0. The second-order valence-corrected chi connectivity index (χ2v) is 4.44. The zero-order valence-electron chi connectivity index (χ0n) is 9.58. The molecular formula is C6H10KNaO6S2. The van der Waals surface area contributed by atoms with Gasteiger partial charge in [-0.25, -0.2) is 16.8 Å². The van der Waals surface area contributed by atoms with Gasteiger partial charge in [-0.1, -0.05) is 12.2 Å². The van der Waals surface area contributed by atoms with Crippen molar-refractivity contribution in [2.45, 2.75) is 13.8 Å². The van der Waals surface area contributed by atoms with Crippen LogP contribution in [-0.4, -0.2) is 25.9 Å². The molecule has 0 bridgehead atoms. The molecule has 0 spiro atoms. The van der Waals surface area contributed by atoms with Gasteiger partial charge in [0.1, 0.15) is 20.2 Å². The molecule has 0 N–H and O–H groups in total. The van der Waals surface area contributed by atoms with Crippen molar-refractivity contribution >= 4 is 20.2 Å². The number of hydrogen-bond donors (Lipinski definition) is 0. The molecule has 0 aromatic carbocycles. The molecule has 0 unspecified atom stereocenters. The Balaban J connectivity index is -0.0000000800. The van der Waals surface area contributed by atoms with Crippen LogP contribution in [0.3, 0.4) is 0 Å². The topological polar surface area (TPSA) is 114 Å². The first-order valence-electron chi connectivity index (χ1n) is 3.29. The van der Waals surface area contributed by atoms with Gasteiger partial charge < -0.3 is 9.11 Å². The van der Waals surface area contributed by atoms with Gasteiger partial charge in [0.15, 0.2) is 0 Å².